The maximum Gasteiger partial charge on any atom is 0.354 e. The Balaban J connectivity index is 2.49. The van der Waals surface area contributed by atoms with Crippen LogP contribution in [0.3, 0.4) is 0 Å². The van der Waals surface area contributed by atoms with E-state index in [4.69, 9.17) is 5.11 Å². The first-order chi connectivity index (χ1) is 9.54. The van der Waals surface area contributed by atoms with E-state index in [-0.39, 0.29) is 17.6 Å². The standard InChI is InChI=1S/C15H22N2O3/c1-3-4-5-6-7-11(2)17-14(18)12-8-9-16-13(10-12)15(19)20/h8-11H,3-7H2,1-2H3,(H,17,18)(H,19,20). The van der Waals surface area contributed by atoms with Crippen LogP contribution >= 0.6 is 0 Å². The third kappa shape index (κ3) is 5.38. The quantitative estimate of drug-likeness (QED) is 0.717. The highest BCUT2D eigenvalue weighted by Gasteiger charge is 2.12. The zero-order valence-electron chi connectivity index (χ0n) is 12.1. The molecule has 0 fully saturated rings. The van der Waals surface area contributed by atoms with Crippen molar-refractivity contribution in [3.05, 3.63) is 29.6 Å². The summed E-state index contributed by atoms with van der Waals surface area (Å²) < 4.78 is 0. The van der Waals surface area contributed by atoms with Gasteiger partial charge in [-0.05, 0) is 25.5 Å². The Bertz CT molecular complexity index is 460. The number of rotatable bonds is 8. The SMILES string of the molecule is CCCCCCC(C)NC(=O)c1ccnc(C(=O)O)c1. The molecule has 1 heterocycles. The van der Waals surface area contributed by atoms with Crippen molar-refractivity contribution in [2.45, 2.75) is 52.0 Å². The maximum atomic E-state index is 12.0. The van der Waals surface area contributed by atoms with Crippen molar-refractivity contribution in [1.82, 2.24) is 10.3 Å². The van der Waals surface area contributed by atoms with Gasteiger partial charge in [0.25, 0.3) is 5.91 Å². The molecule has 0 bridgehead atoms. The fourth-order valence-electron chi connectivity index (χ4n) is 1.95. The number of aromatic carboxylic acids is 1. The highest BCUT2D eigenvalue weighted by Crippen LogP contribution is 2.07. The van der Waals surface area contributed by atoms with E-state index < -0.39 is 5.97 Å². The summed E-state index contributed by atoms with van der Waals surface area (Å²) in [4.78, 5) is 26.5. The molecular weight excluding hydrogens is 256 g/mol. The van der Waals surface area contributed by atoms with Crippen molar-refractivity contribution in [3.8, 4) is 0 Å². The number of carbonyl (C=O) groups is 2. The van der Waals surface area contributed by atoms with Crippen molar-refractivity contribution in [3.63, 3.8) is 0 Å². The van der Waals surface area contributed by atoms with Crippen molar-refractivity contribution in [1.29, 1.82) is 0 Å². The monoisotopic (exact) mass is 278 g/mol. The van der Waals surface area contributed by atoms with Gasteiger partial charge in [-0.25, -0.2) is 9.78 Å². The fourth-order valence-corrected chi connectivity index (χ4v) is 1.95. The van der Waals surface area contributed by atoms with Crippen LogP contribution in [0.25, 0.3) is 0 Å². The Morgan fingerprint density at radius 2 is 2.10 bits per heavy atom. The number of pyridine rings is 1. The van der Waals surface area contributed by atoms with Gasteiger partial charge in [0, 0.05) is 17.8 Å². The molecule has 1 atom stereocenters. The number of hydrogen-bond donors (Lipinski definition) is 2. The van der Waals surface area contributed by atoms with E-state index in [0.29, 0.717) is 5.56 Å². The van der Waals surface area contributed by atoms with E-state index in [2.05, 4.69) is 17.2 Å². The van der Waals surface area contributed by atoms with E-state index in [1.807, 2.05) is 6.92 Å². The van der Waals surface area contributed by atoms with Gasteiger partial charge in [-0.2, -0.15) is 0 Å². The van der Waals surface area contributed by atoms with Crippen LogP contribution in [-0.2, 0) is 0 Å². The summed E-state index contributed by atoms with van der Waals surface area (Å²) in [6, 6.07) is 2.90. The molecular formula is C15H22N2O3. The van der Waals surface area contributed by atoms with E-state index in [0.717, 1.165) is 12.8 Å². The van der Waals surface area contributed by atoms with E-state index in [1.165, 1.54) is 37.6 Å². The van der Waals surface area contributed by atoms with Crippen LogP contribution in [0.15, 0.2) is 18.3 Å². The van der Waals surface area contributed by atoms with Gasteiger partial charge in [-0.1, -0.05) is 32.6 Å². The minimum Gasteiger partial charge on any atom is -0.477 e. The van der Waals surface area contributed by atoms with E-state index >= 15 is 0 Å². The summed E-state index contributed by atoms with van der Waals surface area (Å²) in [5.74, 6) is -1.38. The Morgan fingerprint density at radius 1 is 1.35 bits per heavy atom. The van der Waals surface area contributed by atoms with E-state index in [9.17, 15) is 9.59 Å². The first-order valence-corrected chi connectivity index (χ1v) is 7.04. The normalized spacial score (nSPS) is 11.9. The number of unbranched alkanes of at least 4 members (excludes halogenated alkanes) is 3. The molecule has 20 heavy (non-hydrogen) atoms. The molecule has 0 aliphatic rings. The molecule has 0 radical (unpaired) electrons. The van der Waals surface area contributed by atoms with Gasteiger partial charge in [0.15, 0.2) is 0 Å². The van der Waals surface area contributed by atoms with Crippen molar-refractivity contribution in [2.24, 2.45) is 0 Å². The number of hydrogen-bond acceptors (Lipinski definition) is 3. The highest BCUT2D eigenvalue weighted by molar-refractivity contribution is 5.96. The van der Waals surface area contributed by atoms with Gasteiger partial charge in [-0.15, -0.1) is 0 Å². The lowest BCUT2D eigenvalue weighted by atomic mass is 10.1. The van der Waals surface area contributed by atoms with Gasteiger partial charge < -0.3 is 10.4 Å². The Hall–Kier alpha value is -1.91. The summed E-state index contributed by atoms with van der Waals surface area (Å²) in [6.07, 6.45) is 6.94. The first-order valence-electron chi connectivity index (χ1n) is 7.04. The summed E-state index contributed by atoms with van der Waals surface area (Å²) in [7, 11) is 0. The molecule has 0 saturated carbocycles. The lowest BCUT2D eigenvalue weighted by Crippen LogP contribution is -2.32. The molecule has 0 spiro atoms. The van der Waals surface area contributed by atoms with Crippen molar-refractivity contribution >= 4 is 11.9 Å². The largest absolute Gasteiger partial charge is 0.477 e. The summed E-state index contributed by atoms with van der Waals surface area (Å²) in [5.41, 5.74) is 0.214. The second kappa shape index (κ2) is 8.30. The minimum absolute atomic E-state index is 0.0841. The number of aromatic nitrogens is 1. The van der Waals surface area contributed by atoms with Gasteiger partial charge in [0.2, 0.25) is 0 Å². The molecule has 1 unspecified atom stereocenters. The van der Waals surface area contributed by atoms with Gasteiger partial charge >= 0.3 is 5.97 Å². The number of nitrogens with zero attached hydrogens (tertiary/aromatic N) is 1. The van der Waals surface area contributed by atoms with E-state index in [1.54, 1.807) is 0 Å². The fraction of sp³-hybridized carbons (Fsp3) is 0.533. The molecule has 0 aliphatic heterocycles. The summed E-state index contributed by atoms with van der Waals surface area (Å²) in [6.45, 7) is 4.12. The van der Waals surface area contributed by atoms with Crippen LogP contribution in [0.5, 0.6) is 0 Å². The maximum absolute atomic E-state index is 12.0. The lowest BCUT2D eigenvalue weighted by Gasteiger charge is -2.13. The third-order valence-corrected chi connectivity index (χ3v) is 3.11. The average Bonchev–Trinajstić information content (AvgIpc) is 2.43. The number of amides is 1. The molecule has 2 N–H and O–H groups in total. The minimum atomic E-state index is -1.13. The molecule has 0 aliphatic carbocycles. The predicted octanol–water partition coefficient (Wildman–Crippen LogP) is 2.87. The molecule has 1 rings (SSSR count). The molecule has 1 aromatic heterocycles. The van der Waals surface area contributed by atoms with Gasteiger partial charge in [0.05, 0.1) is 0 Å². The first kappa shape index (κ1) is 16.1. The average molecular weight is 278 g/mol. The zero-order valence-corrected chi connectivity index (χ0v) is 12.1. The van der Waals surface area contributed by atoms with Crippen LogP contribution in [0.4, 0.5) is 0 Å². The Labute approximate surface area is 119 Å². The van der Waals surface area contributed by atoms with Crippen LogP contribution in [0.1, 0.15) is 66.8 Å². The molecule has 5 nitrogen and oxygen atoms in total. The molecule has 0 aromatic carbocycles. The predicted molar refractivity (Wildman–Crippen MR) is 76.9 cm³/mol. The molecule has 5 heteroatoms. The van der Waals surface area contributed by atoms with Crippen LogP contribution in [0.2, 0.25) is 0 Å². The molecule has 1 amide bonds. The second-order valence-corrected chi connectivity index (χ2v) is 4.96. The topological polar surface area (TPSA) is 79.3 Å². The highest BCUT2D eigenvalue weighted by atomic mass is 16.4. The number of carboxylic acid groups (broad SMARTS) is 1. The van der Waals surface area contributed by atoms with Gasteiger partial charge in [0.1, 0.15) is 5.69 Å². The van der Waals surface area contributed by atoms with Crippen molar-refractivity contribution in [2.75, 3.05) is 0 Å². The summed E-state index contributed by atoms with van der Waals surface area (Å²) in [5, 5.41) is 11.7. The number of carboxylic acids is 1. The van der Waals surface area contributed by atoms with Gasteiger partial charge in [-0.3, -0.25) is 4.79 Å². The van der Waals surface area contributed by atoms with Crippen LogP contribution < -0.4 is 5.32 Å². The Morgan fingerprint density at radius 3 is 2.75 bits per heavy atom. The number of nitrogens with one attached hydrogen (secondary N) is 1. The zero-order chi connectivity index (χ0) is 15.0. The molecule has 110 valence electrons. The smallest absolute Gasteiger partial charge is 0.354 e. The lowest BCUT2D eigenvalue weighted by molar-refractivity contribution is 0.0690. The van der Waals surface area contributed by atoms with Crippen LogP contribution in [-0.4, -0.2) is 28.0 Å². The molecule has 1 aromatic rings. The second-order valence-electron chi connectivity index (χ2n) is 4.96. The summed E-state index contributed by atoms with van der Waals surface area (Å²) >= 11 is 0. The Kier molecular flexibility index (Phi) is 6.70. The third-order valence-electron chi connectivity index (χ3n) is 3.11. The molecule has 0 saturated heterocycles. The van der Waals surface area contributed by atoms with Crippen molar-refractivity contribution < 1.29 is 14.7 Å². The number of carbonyl (C=O) groups excluding carboxylic acids is 1. The van der Waals surface area contributed by atoms with Crippen LogP contribution in [0, 0.1) is 0 Å².